The third-order valence-electron chi connectivity index (χ3n) is 2.62. The molecule has 2 N–H and O–H groups in total. The molecule has 1 atom stereocenters. The summed E-state index contributed by atoms with van der Waals surface area (Å²) >= 11 is 2.02. The fourth-order valence-corrected chi connectivity index (χ4v) is 3.05. The molecule has 3 nitrogen and oxygen atoms in total. The van der Waals surface area contributed by atoms with E-state index in [1.165, 1.54) is 36.5 Å². The molecule has 15 heavy (non-hydrogen) atoms. The first-order valence-corrected chi connectivity index (χ1v) is 6.81. The van der Waals surface area contributed by atoms with Gasteiger partial charge in [-0.3, -0.25) is 0 Å². The summed E-state index contributed by atoms with van der Waals surface area (Å²) in [5.74, 6) is 2.46. The third-order valence-corrected chi connectivity index (χ3v) is 4.01. The average molecular weight is 225 g/mol. The number of hydrogen-bond donors (Lipinski definition) is 2. The topological polar surface area (TPSA) is 40.7 Å². The highest BCUT2D eigenvalue weighted by Gasteiger charge is 2.20. The lowest BCUT2D eigenvalue weighted by molar-refractivity contribution is 0.664. The van der Waals surface area contributed by atoms with E-state index >= 15 is 0 Å². The molecule has 0 bridgehead atoms. The van der Waals surface area contributed by atoms with Gasteiger partial charge < -0.3 is 10.3 Å². The first kappa shape index (κ1) is 11.0. The molecular formula is C11H19N3S. The number of aromatic nitrogens is 2. The van der Waals surface area contributed by atoms with Gasteiger partial charge in [-0.2, -0.15) is 11.8 Å². The molecule has 0 spiro atoms. The minimum absolute atomic E-state index is 0.616. The zero-order chi connectivity index (χ0) is 10.5. The van der Waals surface area contributed by atoms with Crippen molar-refractivity contribution in [2.75, 3.05) is 12.3 Å². The average Bonchev–Trinajstić information content (AvgIpc) is 2.87. The Bertz CT molecular complexity index is 292. The lowest BCUT2D eigenvalue weighted by atomic mass is 10.2. The van der Waals surface area contributed by atoms with Crippen molar-refractivity contribution in [3.05, 3.63) is 17.7 Å². The second-order valence-electron chi connectivity index (χ2n) is 3.97. The number of nitrogens with zero attached hydrogens (tertiary/aromatic N) is 1. The van der Waals surface area contributed by atoms with Crippen LogP contribution in [-0.4, -0.2) is 22.3 Å². The standard InChI is InChI=1S/C11H19N3S/c1-2-5-12-7-9-8-13-11(14-9)10-4-3-6-15-10/h8,10,12H,2-7H2,1H3,(H,13,14). The van der Waals surface area contributed by atoms with Gasteiger partial charge >= 0.3 is 0 Å². The van der Waals surface area contributed by atoms with Crippen molar-refractivity contribution < 1.29 is 0 Å². The van der Waals surface area contributed by atoms with Gasteiger partial charge in [0.25, 0.3) is 0 Å². The van der Waals surface area contributed by atoms with Crippen LogP contribution in [0.2, 0.25) is 0 Å². The molecule has 1 aliphatic heterocycles. The Hall–Kier alpha value is -0.480. The van der Waals surface area contributed by atoms with E-state index in [4.69, 9.17) is 0 Å². The van der Waals surface area contributed by atoms with E-state index in [0.717, 1.165) is 13.1 Å². The van der Waals surface area contributed by atoms with Crippen molar-refractivity contribution in [3.63, 3.8) is 0 Å². The Morgan fingerprint density at radius 1 is 1.67 bits per heavy atom. The lowest BCUT2D eigenvalue weighted by Crippen LogP contribution is -2.13. The number of aromatic amines is 1. The maximum absolute atomic E-state index is 4.46. The summed E-state index contributed by atoms with van der Waals surface area (Å²) in [7, 11) is 0. The highest BCUT2D eigenvalue weighted by Crippen LogP contribution is 2.38. The van der Waals surface area contributed by atoms with Crippen LogP contribution in [0, 0.1) is 0 Å². The van der Waals surface area contributed by atoms with Gasteiger partial charge in [-0.15, -0.1) is 0 Å². The number of thioether (sulfide) groups is 1. The van der Waals surface area contributed by atoms with Crippen LogP contribution in [-0.2, 0) is 6.54 Å². The number of H-pyrrole nitrogens is 1. The predicted octanol–water partition coefficient (Wildman–Crippen LogP) is 2.48. The SMILES string of the molecule is CCCNCc1cnc(C2CCCS2)[nH]1. The molecule has 2 heterocycles. The van der Waals surface area contributed by atoms with Crippen molar-refractivity contribution in [1.29, 1.82) is 0 Å². The lowest BCUT2D eigenvalue weighted by Gasteiger charge is -2.03. The van der Waals surface area contributed by atoms with Crippen molar-refractivity contribution >= 4 is 11.8 Å². The normalized spacial score (nSPS) is 21.0. The number of rotatable bonds is 5. The van der Waals surface area contributed by atoms with Crippen molar-refractivity contribution in [2.24, 2.45) is 0 Å². The molecular weight excluding hydrogens is 206 g/mol. The fraction of sp³-hybridized carbons (Fsp3) is 0.727. The molecule has 1 fully saturated rings. The minimum atomic E-state index is 0.616. The molecule has 0 radical (unpaired) electrons. The third kappa shape index (κ3) is 2.98. The van der Waals surface area contributed by atoms with Gasteiger partial charge in [0.1, 0.15) is 5.82 Å². The number of nitrogens with one attached hydrogen (secondary N) is 2. The fourth-order valence-electron chi connectivity index (χ4n) is 1.82. The highest BCUT2D eigenvalue weighted by molar-refractivity contribution is 7.99. The molecule has 0 aliphatic carbocycles. The number of imidazole rings is 1. The van der Waals surface area contributed by atoms with E-state index in [1.54, 1.807) is 0 Å². The van der Waals surface area contributed by atoms with Gasteiger partial charge in [-0.25, -0.2) is 4.98 Å². The van der Waals surface area contributed by atoms with Gasteiger partial charge in [0.15, 0.2) is 0 Å². The summed E-state index contributed by atoms with van der Waals surface area (Å²) in [4.78, 5) is 7.88. The van der Waals surface area contributed by atoms with E-state index in [0.29, 0.717) is 5.25 Å². The monoisotopic (exact) mass is 225 g/mol. The van der Waals surface area contributed by atoms with Crippen LogP contribution in [0.5, 0.6) is 0 Å². The summed E-state index contributed by atoms with van der Waals surface area (Å²) < 4.78 is 0. The van der Waals surface area contributed by atoms with Crippen LogP contribution in [0.1, 0.15) is 43.0 Å². The van der Waals surface area contributed by atoms with Crippen molar-refractivity contribution in [3.8, 4) is 0 Å². The van der Waals surface area contributed by atoms with Crippen LogP contribution >= 0.6 is 11.8 Å². The van der Waals surface area contributed by atoms with Gasteiger partial charge in [0, 0.05) is 18.4 Å². The Labute approximate surface area is 95.4 Å². The van der Waals surface area contributed by atoms with Crippen molar-refractivity contribution in [2.45, 2.75) is 38.0 Å². The minimum Gasteiger partial charge on any atom is -0.344 e. The quantitative estimate of drug-likeness (QED) is 0.756. The van der Waals surface area contributed by atoms with Crippen LogP contribution in [0.25, 0.3) is 0 Å². The zero-order valence-electron chi connectivity index (χ0n) is 9.25. The smallest absolute Gasteiger partial charge is 0.119 e. The van der Waals surface area contributed by atoms with Gasteiger partial charge in [-0.05, 0) is 31.6 Å². The van der Waals surface area contributed by atoms with E-state index in [-0.39, 0.29) is 0 Å². The van der Waals surface area contributed by atoms with Gasteiger partial charge in [-0.1, -0.05) is 6.92 Å². The van der Waals surface area contributed by atoms with Crippen LogP contribution in [0.3, 0.4) is 0 Å². The largest absolute Gasteiger partial charge is 0.344 e. The Morgan fingerprint density at radius 3 is 3.33 bits per heavy atom. The molecule has 1 saturated heterocycles. The van der Waals surface area contributed by atoms with E-state index in [2.05, 4.69) is 22.2 Å². The molecule has 0 aromatic carbocycles. The van der Waals surface area contributed by atoms with E-state index in [9.17, 15) is 0 Å². The second-order valence-corrected chi connectivity index (χ2v) is 5.28. The Kier molecular flexibility index (Phi) is 4.09. The maximum Gasteiger partial charge on any atom is 0.119 e. The van der Waals surface area contributed by atoms with Gasteiger partial charge in [0.2, 0.25) is 0 Å². The molecule has 1 aromatic rings. The predicted molar refractivity (Wildman–Crippen MR) is 65.0 cm³/mol. The van der Waals surface area contributed by atoms with Crippen LogP contribution in [0.4, 0.5) is 0 Å². The summed E-state index contributed by atoms with van der Waals surface area (Å²) in [5, 5.41) is 3.99. The van der Waals surface area contributed by atoms with Gasteiger partial charge in [0.05, 0.1) is 5.25 Å². The molecule has 84 valence electrons. The van der Waals surface area contributed by atoms with Crippen LogP contribution in [0.15, 0.2) is 6.20 Å². The second kappa shape index (κ2) is 5.56. The zero-order valence-corrected chi connectivity index (χ0v) is 10.1. The first-order chi connectivity index (χ1) is 7.40. The molecule has 2 rings (SSSR count). The molecule has 0 amide bonds. The summed E-state index contributed by atoms with van der Waals surface area (Å²) in [6.45, 7) is 4.17. The molecule has 4 heteroatoms. The Balaban J connectivity index is 1.86. The maximum atomic E-state index is 4.46. The molecule has 1 unspecified atom stereocenters. The van der Waals surface area contributed by atoms with E-state index in [1.807, 2.05) is 18.0 Å². The van der Waals surface area contributed by atoms with Crippen LogP contribution < -0.4 is 5.32 Å². The summed E-state index contributed by atoms with van der Waals surface area (Å²) in [6.07, 6.45) is 5.76. The summed E-state index contributed by atoms with van der Waals surface area (Å²) in [6, 6.07) is 0. The number of hydrogen-bond acceptors (Lipinski definition) is 3. The Morgan fingerprint density at radius 2 is 2.60 bits per heavy atom. The summed E-state index contributed by atoms with van der Waals surface area (Å²) in [5.41, 5.74) is 1.21. The molecule has 0 saturated carbocycles. The first-order valence-electron chi connectivity index (χ1n) is 5.76. The van der Waals surface area contributed by atoms with Crippen molar-refractivity contribution in [1.82, 2.24) is 15.3 Å². The molecule has 1 aliphatic rings. The van der Waals surface area contributed by atoms with E-state index < -0.39 is 0 Å². The molecule has 1 aromatic heterocycles. The highest BCUT2D eigenvalue weighted by atomic mass is 32.2.